The van der Waals surface area contributed by atoms with Gasteiger partial charge in [-0.2, -0.15) is 0 Å². The largest absolute Gasteiger partial charge is 0.383 e. The molecule has 2 aromatic rings. The molecular weight excluding hydrogens is 470 g/mol. The maximum Gasteiger partial charge on any atom is 0.252 e. The van der Waals surface area contributed by atoms with Crippen LogP contribution in [0, 0.1) is 6.92 Å². The van der Waals surface area contributed by atoms with Crippen molar-refractivity contribution in [1.29, 1.82) is 0 Å². The summed E-state index contributed by atoms with van der Waals surface area (Å²) < 4.78 is 32.6. The maximum absolute atomic E-state index is 12.7. The first-order valence-electron chi connectivity index (χ1n) is 9.67. The first-order chi connectivity index (χ1) is 14.3. The van der Waals surface area contributed by atoms with Gasteiger partial charge in [-0.1, -0.05) is 18.2 Å². The summed E-state index contributed by atoms with van der Waals surface area (Å²) in [4.78, 5) is 14.9. The molecule has 0 spiro atoms. The Morgan fingerprint density at radius 1 is 1.17 bits per heavy atom. The summed E-state index contributed by atoms with van der Waals surface area (Å²) in [6, 6.07) is 12.5. The first kappa shape index (κ1) is 24.3. The summed E-state index contributed by atoms with van der Waals surface area (Å²) in [6.07, 6.45) is 0. The molecule has 0 atom stereocenters. The molecule has 2 N–H and O–H groups in total. The predicted octanol–water partition coefficient (Wildman–Crippen LogP) is 2.94. The summed E-state index contributed by atoms with van der Waals surface area (Å²) in [5, 5.41) is 2.88. The second kappa shape index (κ2) is 11.5. The van der Waals surface area contributed by atoms with Crippen LogP contribution >= 0.6 is 15.9 Å². The number of rotatable bonds is 11. The molecule has 0 heterocycles. The van der Waals surface area contributed by atoms with Crippen molar-refractivity contribution in [3.05, 3.63) is 58.1 Å². The molecule has 0 aliphatic carbocycles. The molecule has 0 unspecified atom stereocenters. The molecule has 2 aromatic carbocycles. The summed E-state index contributed by atoms with van der Waals surface area (Å²) in [7, 11) is -2.23. The number of methoxy groups -OCH3 is 1. The molecule has 9 heteroatoms. The molecule has 164 valence electrons. The van der Waals surface area contributed by atoms with Gasteiger partial charge in [-0.25, -0.2) is 13.1 Å². The number of hydrogen-bond donors (Lipinski definition) is 2. The van der Waals surface area contributed by atoms with Crippen LogP contribution in [0.4, 0.5) is 5.69 Å². The fourth-order valence-corrected chi connectivity index (χ4v) is 4.44. The molecule has 7 nitrogen and oxygen atoms in total. The number of nitrogens with zero attached hydrogens (tertiary/aromatic N) is 1. The Bertz CT molecular complexity index is 966. The molecule has 0 aliphatic rings. The van der Waals surface area contributed by atoms with E-state index in [2.05, 4.69) is 56.8 Å². The molecule has 0 aliphatic heterocycles. The van der Waals surface area contributed by atoms with Crippen molar-refractivity contribution in [3.63, 3.8) is 0 Å². The highest BCUT2D eigenvalue weighted by molar-refractivity contribution is 9.10. The van der Waals surface area contributed by atoms with Gasteiger partial charge in [-0.05, 0) is 59.6 Å². The van der Waals surface area contributed by atoms with Crippen LogP contribution in [0.15, 0.2) is 51.8 Å². The molecule has 30 heavy (non-hydrogen) atoms. The van der Waals surface area contributed by atoms with E-state index in [4.69, 9.17) is 4.74 Å². The van der Waals surface area contributed by atoms with Gasteiger partial charge in [0, 0.05) is 43.4 Å². The van der Waals surface area contributed by atoms with E-state index in [1.807, 2.05) is 12.1 Å². The lowest BCUT2D eigenvalue weighted by atomic mass is 10.2. The predicted molar refractivity (Wildman–Crippen MR) is 123 cm³/mol. The van der Waals surface area contributed by atoms with E-state index < -0.39 is 10.0 Å². The average molecular weight is 498 g/mol. The Morgan fingerprint density at radius 2 is 1.90 bits per heavy atom. The number of carbonyl (C=O) groups excluding carboxylic acids is 1. The number of ether oxygens (including phenoxy) is 1. The molecule has 0 fully saturated rings. The number of benzene rings is 2. The fraction of sp³-hybridized carbons (Fsp3) is 0.381. The van der Waals surface area contributed by atoms with Gasteiger partial charge in [0.15, 0.2) is 0 Å². The molecule has 2 rings (SSSR count). The monoisotopic (exact) mass is 497 g/mol. The number of sulfonamides is 1. The van der Waals surface area contributed by atoms with Crippen LogP contribution in [-0.4, -0.2) is 54.2 Å². The van der Waals surface area contributed by atoms with E-state index in [9.17, 15) is 13.2 Å². The molecule has 0 aromatic heterocycles. The lowest BCUT2D eigenvalue weighted by molar-refractivity contribution is 0.0953. The highest BCUT2D eigenvalue weighted by Crippen LogP contribution is 2.21. The number of nitrogens with one attached hydrogen (secondary N) is 2. The molecule has 0 bridgehead atoms. The number of aryl methyl sites for hydroxylation is 1. The average Bonchev–Trinajstić information content (AvgIpc) is 2.72. The lowest BCUT2D eigenvalue weighted by Crippen LogP contribution is -2.35. The number of hydrogen-bond acceptors (Lipinski definition) is 5. The van der Waals surface area contributed by atoms with Crippen LogP contribution in [0.1, 0.15) is 22.8 Å². The van der Waals surface area contributed by atoms with Gasteiger partial charge >= 0.3 is 0 Å². The molecular formula is C21H28BrN3O4S. The molecule has 0 saturated heterocycles. The molecule has 0 radical (unpaired) electrons. The highest BCUT2D eigenvalue weighted by Gasteiger charge is 2.18. The van der Waals surface area contributed by atoms with Gasteiger partial charge < -0.3 is 15.0 Å². The zero-order valence-electron chi connectivity index (χ0n) is 17.4. The maximum atomic E-state index is 12.7. The van der Waals surface area contributed by atoms with Crippen molar-refractivity contribution >= 4 is 37.5 Å². The Hall–Kier alpha value is -1.94. The summed E-state index contributed by atoms with van der Waals surface area (Å²) in [6.45, 7) is 6.42. The van der Waals surface area contributed by atoms with Gasteiger partial charge in [-0.3, -0.25) is 4.79 Å². The minimum Gasteiger partial charge on any atom is -0.383 e. The van der Waals surface area contributed by atoms with E-state index in [-0.39, 0.29) is 29.5 Å². The van der Waals surface area contributed by atoms with Gasteiger partial charge in [0.1, 0.15) is 0 Å². The standard InChI is InChI=1S/C21H28BrN3O4S/c1-4-25(20-8-6-5-7-16(20)2)13-11-23-21(26)18-15-17(9-10-19(18)22)30(27,28)24-12-14-29-3/h5-10,15,24H,4,11-14H2,1-3H3,(H,23,26). The number of likely N-dealkylation sites (N-methyl/N-ethyl adjacent to an activating group) is 1. The van der Waals surface area contributed by atoms with Gasteiger partial charge in [0.2, 0.25) is 10.0 Å². The van der Waals surface area contributed by atoms with E-state index in [0.29, 0.717) is 17.6 Å². The Balaban J connectivity index is 2.05. The van der Waals surface area contributed by atoms with Crippen LogP contribution in [0.2, 0.25) is 0 Å². The normalized spacial score (nSPS) is 11.3. The third-order valence-corrected chi connectivity index (χ3v) is 6.75. The zero-order valence-corrected chi connectivity index (χ0v) is 19.8. The number of anilines is 1. The Labute approximate surface area is 187 Å². The number of carbonyl (C=O) groups is 1. The third kappa shape index (κ3) is 6.53. The van der Waals surface area contributed by atoms with E-state index in [1.54, 1.807) is 6.07 Å². The minimum absolute atomic E-state index is 0.0297. The van der Waals surface area contributed by atoms with Crippen LogP contribution < -0.4 is 14.9 Å². The summed E-state index contributed by atoms with van der Waals surface area (Å²) >= 11 is 3.34. The van der Waals surface area contributed by atoms with Crippen LogP contribution in [0.25, 0.3) is 0 Å². The van der Waals surface area contributed by atoms with Gasteiger partial charge in [-0.15, -0.1) is 0 Å². The van der Waals surface area contributed by atoms with Crippen molar-refractivity contribution in [1.82, 2.24) is 10.0 Å². The highest BCUT2D eigenvalue weighted by atomic mass is 79.9. The smallest absolute Gasteiger partial charge is 0.252 e. The SMILES string of the molecule is CCN(CCNC(=O)c1cc(S(=O)(=O)NCCOC)ccc1Br)c1ccccc1C. The Kier molecular flexibility index (Phi) is 9.29. The van der Waals surface area contributed by atoms with Gasteiger partial charge in [0.25, 0.3) is 5.91 Å². The van der Waals surface area contributed by atoms with E-state index in [1.165, 1.54) is 24.8 Å². The number of amides is 1. The van der Waals surface area contributed by atoms with Crippen LogP contribution in [0.5, 0.6) is 0 Å². The third-order valence-electron chi connectivity index (χ3n) is 4.60. The van der Waals surface area contributed by atoms with E-state index in [0.717, 1.165) is 12.2 Å². The van der Waals surface area contributed by atoms with E-state index >= 15 is 0 Å². The van der Waals surface area contributed by atoms with Crippen molar-refractivity contribution in [2.24, 2.45) is 0 Å². The van der Waals surface area contributed by atoms with Crippen molar-refractivity contribution < 1.29 is 17.9 Å². The Morgan fingerprint density at radius 3 is 2.57 bits per heavy atom. The van der Waals surface area contributed by atoms with Crippen molar-refractivity contribution in [2.45, 2.75) is 18.7 Å². The zero-order chi connectivity index (χ0) is 22.1. The second-order valence-corrected chi connectivity index (χ2v) is 9.28. The quantitative estimate of drug-likeness (QED) is 0.466. The lowest BCUT2D eigenvalue weighted by Gasteiger charge is -2.25. The second-order valence-electron chi connectivity index (χ2n) is 6.65. The molecule has 0 saturated carbocycles. The summed E-state index contributed by atoms with van der Waals surface area (Å²) in [5.41, 5.74) is 2.57. The first-order valence-corrected chi connectivity index (χ1v) is 11.9. The number of halogens is 1. The number of para-hydroxylation sites is 1. The molecule has 1 amide bonds. The van der Waals surface area contributed by atoms with Crippen molar-refractivity contribution in [2.75, 3.05) is 44.8 Å². The van der Waals surface area contributed by atoms with Crippen molar-refractivity contribution in [3.8, 4) is 0 Å². The topological polar surface area (TPSA) is 87.7 Å². The van der Waals surface area contributed by atoms with Crippen LogP contribution in [0.3, 0.4) is 0 Å². The fourth-order valence-electron chi connectivity index (χ4n) is 2.97. The minimum atomic E-state index is -3.72. The van der Waals surface area contributed by atoms with Gasteiger partial charge in [0.05, 0.1) is 17.1 Å². The van der Waals surface area contributed by atoms with Crippen LogP contribution in [-0.2, 0) is 14.8 Å². The summed E-state index contributed by atoms with van der Waals surface area (Å²) in [5.74, 6) is -0.336.